The Morgan fingerprint density at radius 2 is 1.46 bits per heavy atom. The molecule has 0 bridgehead atoms. The van der Waals surface area contributed by atoms with Gasteiger partial charge in [0, 0.05) is 39.1 Å². The molecule has 0 radical (unpaired) electrons. The zero-order valence-corrected chi connectivity index (χ0v) is 14.5. The predicted octanol–water partition coefficient (Wildman–Crippen LogP) is 0.204. The van der Waals surface area contributed by atoms with Crippen molar-refractivity contribution in [2.24, 2.45) is 11.8 Å². The number of carbonyl (C=O) groups is 1. The lowest BCUT2D eigenvalue weighted by Gasteiger charge is -2.40. The third-order valence-corrected chi connectivity index (χ3v) is 6.10. The Morgan fingerprint density at radius 1 is 0.875 bits per heavy atom. The van der Waals surface area contributed by atoms with Gasteiger partial charge in [-0.3, -0.25) is 9.69 Å². The van der Waals surface area contributed by atoms with E-state index in [1.54, 1.807) is 0 Å². The van der Waals surface area contributed by atoms with Gasteiger partial charge in [-0.25, -0.2) is 0 Å². The Balaban J connectivity index is 1.39. The maximum absolute atomic E-state index is 12.4. The van der Waals surface area contributed by atoms with Gasteiger partial charge in [0.1, 0.15) is 6.10 Å². The molecule has 1 aliphatic carbocycles. The summed E-state index contributed by atoms with van der Waals surface area (Å²) in [5.74, 6) is 1.43. The number of hydrogen-bond acceptors (Lipinski definition) is 5. The smallest absolute Gasteiger partial charge is 0.222 e. The quantitative estimate of drug-likeness (QED) is 0.681. The maximum atomic E-state index is 12.4. The van der Waals surface area contributed by atoms with Crippen LogP contribution in [0.1, 0.15) is 44.9 Å². The van der Waals surface area contributed by atoms with E-state index in [2.05, 4.69) is 0 Å². The summed E-state index contributed by atoms with van der Waals surface area (Å²) in [5.41, 5.74) is 0. The molecule has 0 aromatic rings. The number of β-amino-alcohol motifs (C(OH)–C–C–N with tert-alkyl or cyclic N) is 2. The summed E-state index contributed by atoms with van der Waals surface area (Å²) in [6.45, 7) is 3.32. The molecule has 138 valence electrons. The van der Waals surface area contributed by atoms with Crippen molar-refractivity contribution in [1.29, 1.82) is 0 Å². The van der Waals surface area contributed by atoms with Crippen LogP contribution in [0.25, 0.3) is 0 Å². The zero-order chi connectivity index (χ0) is 17.1. The number of nitrogens with zero attached hydrogens (tertiary/aromatic N) is 2. The van der Waals surface area contributed by atoms with Gasteiger partial charge in [-0.1, -0.05) is 12.8 Å². The molecule has 3 fully saturated rings. The van der Waals surface area contributed by atoms with Crippen LogP contribution in [-0.2, 0) is 4.79 Å². The molecule has 1 amide bonds. The van der Waals surface area contributed by atoms with E-state index in [9.17, 15) is 20.1 Å². The Hall–Kier alpha value is -0.690. The highest BCUT2D eigenvalue weighted by Crippen LogP contribution is 2.29. The molecule has 3 atom stereocenters. The summed E-state index contributed by atoms with van der Waals surface area (Å²) in [4.78, 5) is 16.5. The molecular weight excluding hydrogens is 308 g/mol. The third kappa shape index (κ3) is 4.48. The Labute approximate surface area is 144 Å². The molecule has 2 heterocycles. The molecule has 0 spiro atoms. The number of aliphatic hydroxyl groups excluding tert-OH is 3. The first-order valence-corrected chi connectivity index (χ1v) is 9.57. The molecule has 2 saturated heterocycles. The number of aliphatic hydroxyl groups is 3. The molecule has 3 rings (SSSR count). The van der Waals surface area contributed by atoms with Crippen molar-refractivity contribution in [3.63, 3.8) is 0 Å². The van der Waals surface area contributed by atoms with Gasteiger partial charge in [0.15, 0.2) is 0 Å². The minimum Gasteiger partial charge on any atom is -0.389 e. The van der Waals surface area contributed by atoms with Crippen LogP contribution in [0.2, 0.25) is 0 Å². The van der Waals surface area contributed by atoms with E-state index in [0.29, 0.717) is 30.8 Å². The minimum absolute atomic E-state index is 0.326. The van der Waals surface area contributed by atoms with E-state index < -0.39 is 18.3 Å². The normalized spacial score (nSPS) is 34.0. The van der Waals surface area contributed by atoms with Gasteiger partial charge in [0.25, 0.3) is 0 Å². The van der Waals surface area contributed by atoms with Gasteiger partial charge < -0.3 is 20.2 Å². The fraction of sp³-hybridized carbons (Fsp3) is 0.944. The number of piperidine rings is 2. The molecule has 1 saturated carbocycles. The topological polar surface area (TPSA) is 84.2 Å². The monoisotopic (exact) mass is 340 g/mol. The van der Waals surface area contributed by atoms with Crippen molar-refractivity contribution in [3.05, 3.63) is 0 Å². The van der Waals surface area contributed by atoms with Crippen LogP contribution in [0.3, 0.4) is 0 Å². The molecule has 24 heavy (non-hydrogen) atoms. The average molecular weight is 340 g/mol. The van der Waals surface area contributed by atoms with E-state index >= 15 is 0 Å². The van der Waals surface area contributed by atoms with E-state index in [1.807, 2.05) is 9.80 Å². The predicted molar refractivity (Wildman–Crippen MR) is 90.3 cm³/mol. The molecule has 1 unspecified atom stereocenters. The lowest BCUT2D eigenvalue weighted by molar-refractivity contribution is -0.134. The SMILES string of the molecule is O=C(CC1CCCC1)N1CCC(CN2C[C@@H](O)C(O)[C@@H](O)C2)CC1. The van der Waals surface area contributed by atoms with E-state index in [4.69, 9.17) is 0 Å². The highest BCUT2D eigenvalue weighted by atomic mass is 16.4. The second-order valence-corrected chi connectivity index (χ2v) is 8.02. The molecule has 2 aliphatic heterocycles. The molecule has 3 N–H and O–H groups in total. The van der Waals surface area contributed by atoms with Gasteiger partial charge in [0.2, 0.25) is 5.91 Å². The number of amides is 1. The first-order valence-electron chi connectivity index (χ1n) is 9.57. The van der Waals surface area contributed by atoms with Crippen LogP contribution < -0.4 is 0 Å². The number of hydrogen-bond donors (Lipinski definition) is 3. The first kappa shape index (κ1) is 18.1. The van der Waals surface area contributed by atoms with Gasteiger partial charge in [-0.15, -0.1) is 0 Å². The van der Waals surface area contributed by atoms with Crippen molar-refractivity contribution in [3.8, 4) is 0 Å². The fourth-order valence-corrected chi connectivity index (χ4v) is 4.55. The van der Waals surface area contributed by atoms with E-state index in [-0.39, 0.29) is 0 Å². The van der Waals surface area contributed by atoms with Crippen molar-refractivity contribution in [1.82, 2.24) is 9.80 Å². The first-order chi connectivity index (χ1) is 11.5. The molecule has 6 nitrogen and oxygen atoms in total. The van der Waals surface area contributed by atoms with Gasteiger partial charge in [0.05, 0.1) is 12.2 Å². The van der Waals surface area contributed by atoms with Crippen LogP contribution in [0.15, 0.2) is 0 Å². The summed E-state index contributed by atoms with van der Waals surface area (Å²) in [7, 11) is 0. The van der Waals surface area contributed by atoms with Crippen LogP contribution in [0.4, 0.5) is 0 Å². The minimum atomic E-state index is -1.03. The summed E-state index contributed by atoms with van der Waals surface area (Å²) in [6.07, 6.45) is 4.92. The highest BCUT2D eigenvalue weighted by Gasteiger charge is 2.35. The fourth-order valence-electron chi connectivity index (χ4n) is 4.55. The second-order valence-electron chi connectivity index (χ2n) is 8.02. The molecular formula is C18H32N2O4. The largest absolute Gasteiger partial charge is 0.389 e. The van der Waals surface area contributed by atoms with Gasteiger partial charge in [-0.05, 0) is 37.5 Å². The molecule has 6 heteroatoms. The summed E-state index contributed by atoms with van der Waals surface area (Å²) < 4.78 is 0. The Morgan fingerprint density at radius 3 is 2.04 bits per heavy atom. The van der Waals surface area contributed by atoms with E-state index in [1.165, 1.54) is 25.7 Å². The summed E-state index contributed by atoms with van der Waals surface area (Å²) in [5, 5.41) is 29.2. The standard InChI is InChI=1S/C18H32N2O4/c21-15-11-19(12-16(22)18(15)24)10-14-5-7-20(8-6-14)17(23)9-13-3-1-2-4-13/h13-16,18,21-22,24H,1-12H2/t15-,16+,18?. The number of carbonyl (C=O) groups excluding carboxylic acids is 1. The Bertz CT molecular complexity index is 407. The zero-order valence-electron chi connectivity index (χ0n) is 14.5. The maximum Gasteiger partial charge on any atom is 0.222 e. The van der Waals surface area contributed by atoms with Crippen LogP contribution in [-0.4, -0.2) is 82.1 Å². The lowest BCUT2D eigenvalue weighted by atomic mass is 9.93. The van der Waals surface area contributed by atoms with Crippen LogP contribution in [0, 0.1) is 11.8 Å². The second kappa shape index (κ2) is 8.13. The van der Waals surface area contributed by atoms with Crippen LogP contribution >= 0.6 is 0 Å². The van der Waals surface area contributed by atoms with Crippen molar-refractivity contribution >= 4 is 5.91 Å². The summed E-state index contributed by atoms with van der Waals surface area (Å²) >= 11 is 0. The van der Waals surface area contributed by atoms with Crippen LogP contribution in [0.5, 0.6) is 0 Å². The van der Waals surface area contributed by atoms with Gasteiger partial charge >= 0.3 is 0 Å². The van der Waals surface area contributed by atoms with Gasteiger partial charge in [-0.2, -0.15) is 0 Å². The highest BCUT2D eigenvalue weighted by molar-refractivity contribution is 5.76. The molecule has 3 aliphatic rings. The van der Waals surface area contributed by atoms with Crippen molar-refractivity contribution < 1.29 is 20.1 Å². The number of rotatable bonds is 4. The summed E-state index contributed by atoms with van der Waals surface area (Å²) in [6, 6.07) is 0. The van der Waals surface area contributed by atoms with Crippen molar-refractivity contribution in [2.45, 2.75) is 63.3 Å². The number of likely N-dealkylation sites (tertiary alicyclic amines) is 2. The lowest BCUT2D eigenvalue weighted by Crippen LogP contribution is -2.56. The van der Waals surface area contributed by atoms with E-state index in [0.717, 1.165) is 38.9 Å². The van der Waals surface area contributed by atoms with Crippen molar-refractivity contribution in [2.75, 3.05) is 32.7 Å². The average Bonchev–Trinajstić information content (AvgIpc) is 3.06. The molecule has 0 aromatic heterocycles. The third-order valence-electron chi connectivity index (χ3n) is 6.10. The Kier molecular flexibility index (Phi) is 6.13. The molecule has 0 aromatic carbocycles.